The number of ether oxygens (including phenoxy) is 1. The van der Waals surface area contributed by atoms with Crippen LogP contribution in [0.25, 0.3) is 11.2 Å². The van der Waals surface area contributed by atoms with Crippen molar-refractivity contribution < 1.29 is 9.44 Å². The molecule has 4 rings (SSSR count). The van der Waals surface area contributed by atoms with Crippen molar-refractivity contribution in [2.24, 2.45) is 10.9 Å². The fourth-order valence-corrected chi connectivity index (χ4v) is 4.15. The Morgan fingerprint density at radius 2 is 1.84 bits per heavy atom. The summed E-state index contributed by atoms with van der Waals surface area (Å²) in [4.78, 5) is 4.85. The lowest BCUT2D eigenvalue weighted by Gasteiger charge is -2.23. The van der Waals surface area contributed by atoms with E-state index in [1.165, 1.54) is 24.0 Å². The van der Waals surface area contributed by atoms with E-state index in [0.29, 0.717) is 10.9 Å². The van der Waals surface area contributed by atoms with Gasteiger partial charge in [-0.15, -0.1) is 0 Å². The molecule has 0 spiro atoms. The van der Waals surface area contributed by atoms with Crippen molar-refractivity contribution in [2.75, 3.05) is 7.11 Å². The Morgan fingerprint density at radius 1 is 1.22 bits per heavy atom. The first-order chi connectivity index (χ1) is 17.4. The van der Waals surface area contributed by atoms with Crippen LogP contribution in [0.3, 0.4) is 0 Å². The number of allylic oxidation sites excluding steroid dienone is 2. The molecule has 2 heterocycles. The molecule has 0 aromatic carbocycles. The Morgan fingerprint density at radius 3 is 2.41 bits per heavy atom. The molecule has 1 N–H and O–H groups in total. The van der Waals surface area contributed by atoms with Gasteiger partial charge in [-0.25, -0.2) is 9.51 Å². The number of hydrogen-bond donors (Lipinski definition) is 1. The molecule has 37 heavy (non-hydrogen) atoms. The predicted octanol–water partition coefficient (Wildman–Crippen LogP) is 9.38. The summed E-state index contributed by atoms with van der Waals surface area (Å²) in [5.74, 6) is 1.41. The molecule has 2 aliphatic carbocycles. The van der Waals surface area contributed by atoms with Crippen LogP contribution in [0.5, 0.6) is 0 Å². The van der Waals surface area contributed by atoms with Gasteiger partial charge >= 0.3 is 0 Å². The van der Waals surface area contributed by atoms with E-state index < -0.39 is 0 Å². The van der Waals surface area contributed by atoms with Crippen LogP contribution in [0.1, 0.15) is 86.6 Å². The Balaban J connectivity index is 0.00000173. The minimum absolute atomic E-state index is 0. The number of halogens is 3. The van der Waals surface area contributed by atoms with Crippen LogP contribution < -0.4 is 5.32 Å². The highest BCUT2D eigenvalue weighted by molar-refractivity contribution is 9.10. The SMILES string of the molecule is C=C(NC1=C(C)CCC(C(C)N=C(OC)C2CC2)=C1)c1cnn2cc(Cl)c(Br)cc12.CC.CC.CC.F. The summed E-state index contributed by atoms with van der Waals surface area (Å²) in [6.45, 7) is 20.6. The number of nitrogens with zero attached hydrogens (tertiary/aromatic N) is 3. The summed E-state index contributed by atoms with van der Waals surface area (Å²) in [6.07, 6.45) is 10.2. The van der Waals surface area contributed by atoms with Crippen molar-refractivity contribution in [2.45, 2.75) is 87.1 Å². The number of fused-ring (bicyclic) bond motifs is 1. The number of hydrogen-bond acceptors (Lipinski definition) is 4. The number of methoxy groups -OCH3 is 1. The molecule has 208 valence electrons. The summed E-state index contributed by atoms with van der Waals surface area (Å²) in [5, 5.41) is 8.54. The average molecular weight is 600 g/mol. The zero-order valence-corrected chi connectivity index (χ0v) is 26.3. The maximum absolute atomic E-state index is 6.19. The Bertz CT molecular complexity index is 1100. The first-order valence-electron chi connectivity index (χ1n) is 13.2. The fourth-order valence-electron chi connectivity index (χ4n) is 3.69. The van der Waals surface area contributed by atoms with Crippen LogP contribution in [0.15, 0.2) is 57.4 Å². The summed E-state index contributed by atoms with van der Waals surface area (Å²) in [5.41, 5.74) is 6.38. The van der Waals surface area contributed by atoms with Gasteiger partial charge in [0.15, 0.2) is 5.90 Å². The largest absolute Gasteiger partial charge is 0.484 e. The molecule has 0 bridgehead atoms. The summed E-state index contributed by atoms with van der Waals surface area (Å²) >= 11 is 9.68. The highest BCUT2D eigenvalue weighted by Gasteiger charge is 2.29. The van der Waals surface area contributed by atoms with Gasteiger partial charge in [-0.2, -0.15) is 5.10 Å². The van der Waals surface area contributed by atoms with Crippen LogP contribution in [-0.2, 0) is 4.74 Å². The van der Waals surface area contributed by atoms with Gasteiger partial charge in [0.25, 0.3) is 0 Å². The second kappa shape index (κ2) is 17.4. The van der Waals surface area contributed by atoms with E-state index in [1.54, 1.807) is 17.8 Å². The lowest BCUT2D eigenvalue weighted by Crippen LogP contribution is -2.18. The molecule has 2 aliphatic rings. The van der Waals surface area contributed by atoms with Gasteiger partial charge in [0.05, 0.1) is 29.9 Å². The van der Waals surface area contributed by atoms with Crippen molar-refractivity contribution in [1.29, 1.82) is 0 Å². The number of nitrogens with one attached hydrogen (secondary N) is 1. The maximum Gasteiger partial charge on any atom is 0.186 e. The molecule has 0 radical (unpaired) electrons. The predicted molar refractivity (Wildman–Crippen MR) is 163 cm³/mol. The molecule has 5 nitrogen and oxygen atoms in total. The maximum atomic E-state index is 6.19. The van der Waals surface area contributed by atoms with Gasteiger partial charge in [0, 0.05) is 33.5 Å². The molecule has 0 saturated heterocycles. The number of aromatic nitrogens is 2. The Labute approximate surface area is 236 Å². The monoisotopic (exact) mass is 598 g/mol. The second-order valence-electron chi connectivity index (χ2n) is 8.00. The first-order valence-corrected chi connectivity index (χ1v) is 14.3. The second-order valence-corrected chi connectivity index (χ2v) is 9.26. The normalized spacial score (nSPS) is 15.4. The third-order valence-electron chi connectivity index (χ3n) is 5.74. The minimum atomic E-state index is 0. The highest BCUT2D eigenvalue weighted by atomic mass is 79.9. The molecule has 8 heteroatoms. The number of aliphatic imine (C=N–C) groups is 1. The van der Waals surface area contributed by atoms with Crippen molar-refractivity contribution in [3.05, 3.63) is 63.0 Å². The molecule has 1 unspecified atom stereocenters. The van der Waals surface area contributed by atoms with Crippen LogP contribution in [-0.4, -0.2) is 28.7 Å². The van der Waals surface area contributed by atoms with Crippen LogP contribution in [0.4, 0.5) is 4.70 Å². The zero-order valence-electron chi connectivity index (χ0n) is 23.9. The first kappa shape index (κ1) is 34.9. The molecular weight excluding hydrogens is 555 g/mol. The van der Waals surface area contributed by atoms with Gasteiger partial charge in [-0.05, 0) is 78.7 Å². The van der Waals surface area contributed by atoms with E-state index in [-0.39, 0.29) is 10.7 Å². The topological polar surface area (TPSA) is 50.9 Å². The number of rotatable bonds is 6. The van der Waals surface area contributed by atoms with E-state index >= 15 is 0 Å². The molecule has 2 aromatic rings. The smallest absolute Gasteiger partial charge is 0.186 e. The third-order valence-corrected chi connectivity index (χ3v) is 6.93. The molecule has 1 saturated carbocycles. The van der Waals surface area contributed by atoms with Crippen LogP contribution in [0, 0.1) is 5.92 Å². The van der Waals surface area contributed by atoms with Gasteiger partial charge in [0.2, 0.25) is 0 Å². The molecular formula is C29H45BrClFN4O. The third kappa shape index (κ3) is 9.29. The lowest BCUT2D eigenvalue weighted by atomic mass is 9.92. The van der Waals surface area contributed by atoms with E-state index in [0.717, 1.165) is 45.7 Å². The van der Waals surface area contributed by atoms with Crippen molar-refractivity contribution in [3.63, 3.8) is 0 Å². The van der Waals surface area contributed by atoms with Crippen LogP contribution in [0.2, 0.25) is 5.02 Å². The van der Waals surface area contributed by atoms with E-state index in [1.807, 2.05) is 53.8 Å². The van der Waals surface area contributed by atoms with Crippen molar-refractivity contribution in [1.82, 2.24) is 14.9 Å². The average Bonchev–Trinajstić information content (AvgIpc) is 3.68. The lowest BCUT2D eigenvalue weighted by molar-refractivity contribution is 0.382. The van der Waals surface area contributed by atoms with E-state index in [9.17, 15) is 0 Å². The highest BCUT2D eigenvalue weighted by Crippen LogP contribution is 2.33. The standard InChI is InChI=1S/C23H26BrClN4O.3C2H6.FH/c1-13-5-6-17(14(2)28-23(30-4)16-7-8-16)9-21(13)27-15(3)18-11-26-29-12-20(25)19(24)10-22(18)29;3*1-2;/h9-12,14,16,27H,3,5-8H2,1-2,4H3;3*1-2H3;1H. The van der Waals surface area contributed by atoms with E-state index in [4.69, 9.17) is 21.3 Å². The zero-order chi connectivity index (χ0) is 27.4. The van der Waals surface area contributed by atoms with E-state index in [2.05, 4.69) is 52.8 Å². The quantitative estimate of drug-likeness (QED) is 0.266. The van der Waals surface area contributed by atoms with Gasteiger partial charge < -0.3 is 10.1 Å². The molecule has 0 amide bonds. The van der Waals surface area contributed by atoms with Crippen LogP contribution >= 0.6 is 27.5 Å². The van der Waals surface area contributed by atoms with Gasteiger partial charge in [-0.1, -0.05) is 59.7 Å². The van der Waals surface area contributed by atoms with Gasteiger partial charge in [0.1, 0.15) is 0 Å². The summed E-state index contributed by atoms with van der Waals surface area (Å²) in [6, 6.07) is 2.07. The minimum Gasteiger partial charge on any atom is -0.484 e. The Kier molecular flexibility index (Phi) is 16.4. The summed E-state index contributed by atoms with van der Waals surface area (Å²) in [7, 11) is 1.72. The Hall–Kier alpha value is -2.12. The summed E-state index contributed by atoms with van der Waals surface area (Å²) < 4.78 is 8.11. The van der Waals surface area contributed by atoms with Crippen molar-refractivity contribution in [3.8, 4) is 0 Å². The molecule has 1 atom stereocenters. The molecule has 1 fully saturated rings. The fraction of sp³-hybridized carbons (Fsp3) is 0.517. The molecule has 0 aliphatic heterocycles. The van der Waals surface area contributed by atoms with Crippen molar-refractivity contribution >= 4 is 44.6 Å². The van der Waals surface area contributed by atoms with Gasteiger partial charge in [-0.3, -0.25) is 4.70 Å². The molecule has 2 aromatic heterocycles. The number of pyridine rings is 1.